The van der Waals surface area contributed by atoms with Gasteiger partial charge in [-0.25, -0.2) is 4.39 Å². The molecule has 2 aromatic rings. The van der Waals surface area contributed by atoms with Crippen molar-refractivity contribution in [3.8, 4) is 0 Å². The fourth-order valence-electron chi connectivity index (χ4n) is 3.27. The van der Waals surface area contributed by atoms with Gasteiger partial charge in [0.15, 0.2) is 0 Å². The SMILES string of the molecule is Cc1ccc(F)c(C2CCNCC2c2cccc(Cl)c2)c1. The summed E-state index contributed by atoms with van der Waals surface area (Å²) in [6.45, 7) is 3.80. The molecule has 1 nitrogen and oxygen atoms in total. The van der Waals surface area contributed by atoms with Gasteiger partial charge in [-0.2, -0.15) is 0 Å². The van der Waals surface area contributed by atoms with Gasteiger partial charge in [0.25, 0.3) is 0 Å². The van der Waals surface area contributed by atoms with Crippen LogP contribution in [0.15, 0.2) is 42.5 Å². The van der Waals surface area contributed by atoms with Crippen molar-refractivity contribution < 1.29 is 4.39 Å². The number of hydrogen-bond donors (Lipinski definition) is 1. The highest BCUT2D eigenvalue weighted by molar-refractivity contribution is 6.30. The summed E-state index contributed by atoms with van der Waals surface area (Å²) >= 11 is 6.12. The smallest absolute Gasteiger partial charge is 0.126 e. The highest BCUT2D eigenvalue weighted by atomic mass is 35.5. The zero-order chi connectivity index (χ0) is 14.8. The quantitative estimate of drug-likeness (QED) is 0.851. The van der Waals surface area contributed by atoms with Gasteiger partial charge >= 0.3 is 0 Å². The maximum absolute atomic E-state index is 14.3. The zero-order valence-electron chi connectivity index (χ0n) is 12.1. The fourth-order valence-corrected chi connectivity index (χ4v) is 3.46. The Balaban J connectivity index is 2.00. The van der Waals surface area contributed by atoms with Crippen molar-refractivity contribution in [1.29, 1.82) is 0 Å². The Morgan fingerprint density at radius 1 is 1.14 bits per heavy atom. The summed E-state index contributed by atoms with van der Waals surface area (Å²) in [5.41, 5.74) is 3.12. The van der Waals surface area contributed by atoms with Crippen molar-refractivity contribution in [2.24, 2.45) is 0 Å². The molecule has 2 unspecified atom stereocenters. The van der Waals surface area contributed by atoms with Gasteiger partial charge in [0.2, 0.25) is 0 Å². The van der Waals surface area contributed by atoms with Gasteiger partial charge in [-0.15, -0.1) is 0 Å². The van der Waals surface area contributed by atoms with Crippen LogP contribution < -0.4 is 5.32 Å². The van der Waals surface area contributed by atoms with E-state index in [-0.39, 0.29) is 17.7 Å². The average molecular weight is 304 g/mol. The molecule has 0 radical (unpaired) electrons. The van der Waals surface area contributed by atoms with Crippen molar-refractivity contribution in [2.75, 3.05) is 13.1 Å². The molecule has 3 heteroatoms. The van der Waals surface area contributed by atoms with E-state index in [1.165, 1.54) is 5.56 Å². The second kappa shape index (κ2) is 6.17. The molecule has 1 aliphatic heterocycles. The van der Waals surface area contributed by atoms with E-state index in [9.17, 15) is 4.39 Å². The molecule has 0 aromatic heterocycles. The lowest BCUT2D eigenvalue weighted by molar-refractivity contribution is 0.393. The van der Waals surface area contributed by atoms with Gasteiger partial charge < -0.3 is 5.32 Å². The van der Waals surface area contributed by atoms with Gasteiger partial charge in [-0.1, -0.05) is 41.4 Å². The van der Waals surface area contributed by atoms with E-state index in [0.29, 0.717) is 0 Å². The molecular formula is C18H19ClFN. The Hall–Kier alpha value is -1.38. The van der Waals surface area contributed by atoms with Crippen LogP contribution in [-0.2, 0) is 0 Å². The Bertz CT molecular complexity index is 641. The fraction of sp³-hybridized carbons (Fsp3) is 0.333. The normalized spacial score (nSPS) is 22.2. The molecule has 2 atom stereocenters. The molecule has 1 N–H and O–H groups in total. The van der Waals surface area contributed by atoms with E-state index in [1.807, 2.05) is 37.3 Å². The van der Waals surface area contributed by atoms with Crippen LogP contribution in [0.4, 0.5) is 4.39 Å². The number of hydrogen-bond acceptors (Lipinski definition) is 1. The largest absolute Gasteiger partial charge is 0.316 e. The number of benzene rings is 2. The molecule has 0 spiro atoms. The first-order valence-electron chi connectivity index (χ1n) is 7.37. The van der Waals surface area contributed by atoms with E-state index in [0.717, 1.165) is 35.7 Å². The molecule has 1 heterocycles. The molecule has 1 aliphatic rings. The van der Waals surface area contributed by atoms with Crippen LogP contribution in [0, 0.1) is 12.7 Å². The number of halogens is 2. The molecule has 0 saturated carbocycles. The summed E-state index contributed by atoms with van der Waals surface area (Å²) in [5.74, 6) is 0.359. The lowest BCUT2D eigenvalue weighted by Gasteiger charge is -2.33. The Labute approximate surface area is 130 Å². The minimum Gasteiger partial charge on any atom is -0.316 e. The van der Waals surface area contributed by atoms with E-state index in [4.69, 9.17) is 11.6 Å². The first kappa shape index (κ1) is 14.6. The van der Waals surface area contributed by atoms with Gasteiger partial charge in [0.05, 0.1) is 0 Å². The van der Waals surface area contributed by atoms with Gasteiger partial charge in [0, 0.05) is 17.5 Å². The van der Waals surface area contributed by atoms with E-state index in [1.54, 1.807) is 6.07 Å². The van der Waals surface area contributed by atoms with Crippen molar-refractivity contribution >= 4 is 11.6 Å². The van der Waals surface area contributed by atoms with Crippen LogP contribution >= 0.6 is 11.6 Å². The molecule has 0 amide bonds. The third kappa shape index (κ3) is 3.12. The van der Waals surface area contributed by atoms with Crippen molar-refractivity contribution in [2.45, 2.75) is 25.2 Å². The standard InChI is InChI=1S/C18H19ClFN/c1-12-5-6-18(20)16(9-12)15-7-8-21-11-17(15)13-3-2-4-14(19)10-13/h2-6,9-10,15,17,21H,7-8,11H2,1H3. The summed E-state index contributed by atoms with van der Waals surface area (Å²) in [7, 11) is 0. The average Bonchev–Trinajstić information content (AvgIpc) is 2.50. The molecule has 21 heavy (non-hydrogen) atoms. The van der Waals surface area contributed by atoms with E-state index < -0.39 is 0 Å². The summed E-state index contributed by atoms with van der Waals surface area (Å²) in [6, 6.07) is 13.3. The minimum absolute atomic E-state index is 0.0977. The van der Waals surface area contributed by atoms with Crippen LogP contribution in [0.2, 0.25) is 5.02 Å². The first-order valence-corrected chi connectivity index (χ1v) is 7.75. The van der Waals surface area contributed by atoms with Crippen LogP contribution in [0.1, 0.15) is 34.9 Å². The zero-order valence-corrected chi connectivity index (χ0v) is 12.8. The summed E-state index contributed by atoms with van der Waals surface area (Å²) < 4.78 is 14.3. The predicted octanol–water partition coefficient (Wildman–Crippen LogP) is 4.65. The first-order chi connectivity index (χ1) is 10.1. The molecule has 0 aliphatic carbocycles. The molecule has 0 bridgehead atoms. The number of nitrogens with one attached hydrogen (secondary N) is 1. The lowest BCUT2D eigenvalue weighted by Crippen LogP contribution is -2.34. The third-order valence-corrected chi connectivity index (χ3v) is 4.54. The third-order valence-electron chi connectivity index (χ3n) is 4.31. The van der Waals surface area contributed by atoms with E-state index in [2.05, 4.69) is 11.4 Å². The Morgan fingerprint density at radius 2 is 2.00 bits per heavy atom. The van der Waals surface area contributed by atoms with Crippen molar-refractivity contribution in [3.05, 3.63) is 70.0 Å². The topological polar surface area (TPSA) is 12.0 Å². The molecular weight excluding hydrogens is 285 g/mol. The highest BCUT2D eigenvalue weighted by Gasteiger charge is 2.29. The van der Waals surface area contributed by atoms with Gasteiger partial charge in [-0.3, -0.25) is 0 Å². The number of piperidine rings is 1. The van der Waals surface area contributed by atoms with Crippen LogP contribution in [0.25, 0.3) is 0 Å². The van der Waals surface area contributed by atoms with Crippen molar-refractivity contribution in [1.82, 2.24) is 5.32 Å². The van der Waals surface area contributed by atoms with E-state index >= 15 is 0 Å². The maximum atomic E-state index is 14.3. The van der Waals surface area contributed by atoms with Gasteiger partial charge in [0.1, 0.15) is 5.82 Å². The predicted molar refractivity (Wildman–Crippen MR) is 85.6 cm³/mol. The van der Waals surface area contributed by atoms with Crippen molar-refractivity contribution in [3.63, 3.8) is 0 Å². The van der Waals surface area contributed by atoms with Gasteiger partial charge in [-0.05, 0) is 55.1 Å². The van der Waals surface area contributed by atoms with Crippen LogP contribution in [-0.4, -0.2) is 13.1 Å². The molecule has 1 fully saturated rings. The summed E-state index contributed by atoms with van der Waals surface area (Å²) in [6.07, 6.45) is 0.942. The number of rotatable bonds is 2. The molecule has 3 rings (SSSR count). The minimum atomic E-state index is -0.0977. The molecule has 1 saturated heterocycles. The summed E-state index contributed by atoms with van der Waals surface area (Å²) in [5, 5.41) is 4.16. The van der Waals surface area contributed by atoms with Crippen LogP contribution in [0.5, 0.6) is 0 Å². The lowest BCUT2D eigenvalue weighted by atomic mass is 9.77. The number of aryl methyl sites for hydroxylation is 1. The Kier molecular flexibility index (Phi) is 4.27. The molecule has 110 valence electrons. The maximum Gasteiger partial charge on any atom is 0.126 e. The second-order valence-corrected chi connectivity index (χ2v) is 6.22. The highest BCUT2D eigenvalue weighted by Crippen LogP contribution is 2.39. The van der Waals surface area contributed by atoms with Crippen LogP contribution in [0.3, 0.4) is 0 Å². The Morgan fingerprint density at radius 3 is 2.81 bits per heavy atom. The monoisotopic (exact) mass is 303 g/mol. The summed E-state index contributed by atoms with van der Waals surface area (Å²) in [4.78, 5) is 0. The molecule has 2 aromatic carbocycles. The second-order valence-electron chi connectivity index (χ2n) is 5.79.